The molecule has 0 radical (unpaired) electrons. The third kappa shape index (κ3) is 3.28. The molecule has 1 amide bonds. The number of rotatable bonds is 2. The van der Waals surface area contributed by atoms with Crippen LogP contribution in [-0.4, -0.2) is 18.0 Å². The summed E-state index contributed by atoms with van der Waals surface area (Å²) in [6.07, 6.45) is 0. The van der Waals surface area contributed by atoms with Gasteiger partial charge >= 0.3 is 0 Å². The Labute approximate surface area is 103 Å². The second-order valence-corrected chi connectivity index (χ2v) is 5.30. The average molecular weight is 235 g/mol. The molecule has 4 nitrogen and oxygen atoms in total. The number of hydrazine groups is 1. The molecule has 0 bridgehead atoms. The summed E-state index contributed by atoms with van der Waals surface area (Å²) in [7, 11) is 1.49. The molecule has 4 heteroatoms. The van der Waals surface area contributed by atoms with Crippen LogP contribution in [0, 0.1) is 0 Å². The molecular weight excluding hydrogens is 214 g/mol. The van der Waals surface area contributed by atoms with Gasteiger partial charge in [0.05, 0.1) is 0 Å². The van der Waals surface area contributed by atoms with Gasteiger partial charge in [0.25, 0.3) is 5.91 Å². The number of benzene rings is 1. The van der Waals surface area contributed by atoms with Crippen molar-refractivity contribution < 1.29 is 4.79 Å². The molecule has 1 aromatic rings. The van der Waals surface area contributed by atoms with E-state index in [9.17, 15) is 4.79 Å². The summed E-state index contributed by atoms with van der Waals surface area (Å²) in [5.74, 6) is 5.08. The molecule has 1 unspecified atom stereocenters. The lowest BCUT2D eigenvalue weighted by atomic mass is 9.86. The zero-order valence-corrected chi connectivity index (χ0v) is 10.9. The number of carbonyl (C=O) groups is 1. The minimum absolute atomic E-state index is 0.0945. The van der Waals surface area contributed by atoms with Crippen molar-refractivity contribution in [3.05, 3.63) is 35.4 Å². The summed E-state index contributed by atoms with van der Waals surface area (Å²) in [6, 6.07) is 7.07. The normalized spacial score (nSPS) is 13.3. The maximum Gasteiger partial charge on any atom is 0.257 e. The molecule has 0 aliphatic rings. The highest BCUT2D eigenvalue weighted by Crippen LogP contribution is 2.23. The van der Waals surface area contributed by atoms with Crippen LogP contribution in [0.15, 0.2) is 24.3 Å². The molecule has 0 saturated carbocycles. The molecule has 0 fully saturated rings. The fourth-order valence-corrected chi connectivity index (χ4v) is 1.55. The van der Waals surface area contributed by atoms with Crippen molar-refractivity contribution in [1.82, 2.24) is 5.01 Å². The molecule has 1 atom stereocenters. The Bertz CT molecular complexity index is 390. The Hall–Kier alpha value is -1.39. The van der Waals surface area contributed by atoms with Gasteiger partial charge in [0.1, 0.15) is 6.04 Å². The Morgan fingerprint density at radius 2 is 1.71 bits per heavy atom. The van der Waals surface area contributed by atoms with Crippen LogP contribution in [0.3, 0.4) is 0 Å². The van der Waals surface area contributed by atoms with Crippen LogP contribution in [0.4, 0.5) is 0 Å². The van der Waals surface area contributed by atoms with E-state index in [1.165, 1.54) is 12.6 Å². The fourth-order valence-electron chi connectivity index (χ4n) is 1.55. The van der Waals surface area contributed by atoms with E-state index in [1.54, 1.807) is 0 Å². The fraction of sp³-hybridized carbons (Fsp3) is 0.462. The SMILES string of the molecule is CN(N)C(=O)C(N)c1ccc(C(C)(C)C)cc1. The van der Waals surface area contributed by atoms with Gasteiger partial charge in [-0.15, -0.1) is 0 Å². The highest BCUT2D eigenvalue weighted by Gasteiger charge is 2.19. The highest BCUT2D eigenvalue weighted by atomic mass is 16.2. The maximum absolute atomic E-state index is 11.6. The number of nitrogens with zero attached hydrogens (tertiary/aromatic N) is 1. The van der Waals surface area contributed by atoms with E-state index in [0.29, 0.717) is 0 Å². The van der Waals surface area contributed by atoms with Gasteiger partial charge in [-0.05, 0) is 16.5 Å². The molecule has 94 valence electrons. The van der Waals surface area contributed by atoms with Gasteiger partial charge in [0.15, 0.2) is 0 Å². The average Bonchev–Trinajstić information content (AvgIpc) is 2.26. The van der Waals surface area contributed by atoms with Crippen molar-refractivity contribution in [2.24, 2.45) is 11.6 Å². The number of carbonyl (C=O) groups excluding carboxylic acids is 1. The molecule has 0 aliphatic carbocycles. The van der Waals surface area contributed by atoms with Crippen molar-refractivity contribution in [3.8, 4) is 0 Å². The molecule has 0 aliphatic heterocycles. The van der Waals surface area contributed by atoms with Crippen LogP contribution in [0.5, 0.6) is 0 Å². The number of hydrogen-bond donors (Lipinski definition) is 2. The minimum Gasteiger partial charge on any atom is -0.316 e. The Kier molecular flexibility index (Phi) is 3.91. The molecule has 1 rings (SSSR count). The predicted octanol–water partition coefficient (Wildman–Crippen LogP) is 1.32. The van der Waals surface area contributed by atoms with E-state index in [0.717, 1.165) is 10.6 Å². The van der Waals surface area contributed by atoms with Gasteiger partial charge in [-0.3, -0.25) is 9.80 Å². The number of nitrogens with two attached hydrogens (primary N) is 2. The van der Waals surface area contributed by atoms with Crippen molar-refractivity contribution >= 4 is 5.91 Å². The molecule has 17 heavy (non-hydrogen) atoms. The molecule has 4 N–H and O–H groups in total. The van der Waals surface area contributed by atoms with E-state index in [-0.39, 0.29) is 11.3 Å². The summed E-state index contributed by atoms with van der Waals surface area (Å²) in [6.45, 7) is 6.42. The first kappa shape index (κ1) is 13.7. The predicted molar refractivity (Wildman–Crippen MR) is 69.0 cm³/mol. The third-order valence-corrected chi connectivity index (χ3v) is 2.75. The van der Waals surface area contributed by atoms with Crippen molar-refractivity contribution in [2.75, 3.05) is 7.05 Å². The van der Waals surface area contributed by atoms with Crippen LogP contribution in [0.25, 0.3) is 0 Å². The van der Waals surface area contributed by atoms with Gasteiger partial charge < -0.3 is 5.73 Å². The Balaban J connectivity index is 2.92. The Morgan fingerprint density at radius 1 is 1.24 bits per heavy atom. The van der Waals surface area contributed by atoms with Gasteiger partial charge in [-0.25, -0.2) is 5.84 Å². The second kappa shape index (κ2) is 4.85. The van der Waals surface area contributed by atoms with Crippen molar-refractivity contribution in [3.63, 3.8) is 0 Å². The molecule has 1 aromatic carbocycles. The zero-order valence-electron chi connectivity index (χ0n) is 10.9. The minimum atomic E-state index is -0.695. The molecular formula is C13H21N3O. The van der Waals surface area contributed by atoms with Crippen LogP contribution in [-0.2, 0) is 10.2 Å². The largest absolute Gasteiger partial charge is 0.316 e. The molecule has 0 aromatic heterocycles. The van der Waals surface area contributed by atoms with Crippen LogP contribution in [0.2, 0.25) is 0 Å². The lowest BCUT2D eigenvalue weighted by molar-refractivity contribution is -0.131. The lowest BCUT2D eigenvalue weighted by Crippen LogP contribution is -2.40. The quantitative estimate of drug-likeness (QED) is 0.461. The van der Waals surface area contributed by atoms with E-state index in [2.05, 4.69) is 20.8 Å². The topological polar surface area (TPSA) is 72.3 Å². The van der Waals surface area contributed by atoms with Crippen LogP contribution >= 0.6 is 0 Å². The van der Waals surface area contributed by atoms with E-state index in [4.69, 9.17) is 11.6 Å². The summed E-state index contributed by atoms with van der Waals surface area (Å²) >= 11 is 0. The van der Waals surface area contributed by atoms with Gasteiger partial charge in [-0.2, -0.15) is 0 Å². The number of likely N-dealkylation sites (N-methyl/N-ethyl adjacent to an activating group) is 1. The lowest BCUT2D eigenvalue weighted by Gasteiger charge is -2.21. The van der Waals surface area contributed by atoms with Gasteiger partial charge in [-0.1, -0.05) is 45.0 Å². The first-order chi connectivity index (χ1) is 7.73. The Morgan fingerprint density at radius 3 is 2.06 bits per heavy atom. The van der Waals surface area contributed by atoms with Gasteiger partial charge in [0, 0.05) is 7.05 Å². The molecule has 0 spiro atoms. The smallest absolute Gasteiger partial charge is 0.257 e. The van der Waals surface area contributed by atoms with Crippen molar-refractivity contribution in [1.29, 1.82) is 0 Å². The monoisotopic (exact) mass is 235 g/mol. The maximum atomic E-state index is 11.6. The summed E-state index contributed by atoms with van der Waals surface area (Å²) in [5, 5.41) is 1.02. The summed E-state index contributed by atoms with van der Waals surface area (Å²) in [4.78, 5) is 11.6. The van der Waals surface area contributed by atoms with E-state index >= 15 is 0 Å². The number of hydrogen-bond acceptors (Lipinski definition) is 3. The van der Waals surface area contributed by atoms with Crippen LogP contribution in [0.1, 0.15) is 37.9 Å². The zero-order chi connectivity index (χ0) is 13.2. The highest BCUT2D eigenvalue weighted by molar-refractivity contribution is 5.82. The van der Waals surface area contributed by atoms with E-state index < -0.39 is 6.04 Å². The molecule has 0 saturated heterocycles. The third-order valence-electron chi connectivity index (χ3n) is 2.75. The van der Waals surface area contributed by atoms with E-state index in [1.807, 2.05) is 24.3 Å². The molecule has 0 heterocycles. The van der Waals surface area contributed by atoms with Gasteiger partial charge in [0.2, 0.25) is 0 Å². The van der Waals surface area contributed by atoms with Crippen molar-refractivity contribution in [2.45, 2.75) is 32.2 Å². The standard InChI is InChI=1S/C13H21N3O/c1-13(2,3)10-7-5-9(6-8-10)11(14)12(17)16(4)15/h5-8,11H,14-15H2,1-4H3. The second-order valence-electron chi connectivity index (χ2n) is 5.30. The summed E-state index contributed by atoms with van der Waals surface area (Å²) in [5.41, 5.74) is 7.91. The first-order valence-corrected chi connectivity index (χ1v) is 5.62. The number of amides is 1. The van der Waals surface area contributed by atoms with Crippen LogP contribution < -0.4 is 11.6 Å². The summed E-state index contributed by atoms with van der Waals surface area (Å²) < 4.78 is 0. The first-order valence-electron chi connectivity index (χ1n) is 5.62.